The SMILES string of the molecule is CSCC[C@H](NC(=O)c1cccc(Br)c1)c1nc2ccccc2n1Cc1ccccc1. The van der Waals surface area contributed by atoms with Gasteiger partial charge in [0.1, 0.15) is 5.82 Å². The minimum Gasteiger partial charge on any atom is -0.342 e. The molecule has 4 rings (SSSR count). The second-order valence-electron chi connectivity index (χ2n) is 7.35. The van der Waals surface area contributed by atoms with E-state index in [2.05, 4.69) is 50.3 Å². The number of benzene rings is 3. The lowest BCUT2D eigenvalue weighted by Gasteiger charge is -2.20. The molecule has 0 spiro atoms. The summed E-state index contributed by atoms with van der Waals surface area (Å²) >= 11 is 5.23. The zero-order chi connectivity index (χ0) is 21.6. The summed E-state index contributed by atoms with van der Waals surface area (Å²) in [6.07, 6.45) is 2.89. The van der Waals surface area contributed by atoms with Crippen LogP contribution < -0.4 is 5.32 Å². The van der Waals surface area contributed by atoms with Gasteiger partial charge in [0.2, 0.25) is 0 Å². The van der Waals surface area contributed by atoms with Gasteiger partial charge < -0.3 is 9.88 Å². The highest BCUT2D eigenvalue weighted by atomic mass is 79.9. The van der Waals surface area contributed by atoms with Gasteiger partial charge in [-0.2, -0.15) is 11.8 Å². The predicted molar refractivity (Wildman–Crippen MR) is 133 cm³/mol. The Bertz CT molecular complexity index is 1180. The number of carbonyl (C=O) groups is 1. The van der Waals surface area contributed by atoms with E-state index in [4.69, 9.17) is 4.98 Å². The van der Waals surface area contributed by atoms with Crippen molar-refractivity contribution in [2.45, 2.75) is 19.0 Å². The molecule has 0 bridgehead atoms. The molecule has 0 aliphatic heterocycles. The van der Waals surface area contributed by atoms with Gasteiger partial charge in [-0.25, -0.2) is 4.98 Å². The van der Waals surface area contributed by atoms with Crippen molar-refractivity contribution in [3.63, 3.8) is 0 Å². The number of rotatable bonds is 8. The van der Waals surface area contributed by atoms with Gasteiger partial charge >= 0.3 is 0 Å². The Labute approximate surface area is 195 Å². The number of imidazole rings is 1. The summed E-state index contributed by atoms with van der Waals surface area (Å²) in [4.78, 5) is 18.0. The first-order valence-electron chi connectivity index (χ1n) is 10.2. The maximum atomic E-state index is 13.1. The molecule has 4 nitrogen and oxygen atoms in total. The van der Waals surface area contributed by atoms with Crippen LogP contribution >= 0.6 is 27.7 Å². The van der Waals surface area contributed by atoms with Crippen molar-refractivity contribution in [2.75, 3.05) is 12.0 Å². The van der Waals surface area contributed by atoms with E-state index in [0.717, 1.165) is 33.5 Å². The molecule has 0 fully saturated rings. The van der Waals surface area contributed by atoms with Crippen molar-refractivity contribution in [2.24, 2.45) is 0 Å². The molecule has 0 saturated carbocycles. The fraction of sp³-hybridized carbons (Fsp3) is 0.200. The fourth-order valence-electron chi connectivity index (χ4n) is 3.67. The van der Waals surface area contributed by atoms with Crippen LogP contribution in [0.15, 0.2) is 83.3 Å². The molecular weight excluding hydrogens is 470 g/mol. The molecular formula is C25H24BrN3OS. The summed E-state index contributed by atoms with van der Waals surface area (Å²) in [7, 11) is 0. The van der Waals surface area contributed by atoms with Crippen LogP contribution in [0.5, 0.6) is 0 Å². The van der Waals surface area contributed by atoms with Crippen molar-refractivity contribution in [3.05, 3.63) is 100 Å². The lowest BCUT2D eigenvalue weighted by molar-refractivity contribution is 0.0933. The summed E-state index contributed by atoms with van der Waals surface area (Å²) in [6, 6.07) is 25.8. The minimum atomic E-state index is -0.185. The molecule has 31 heavy (non-hydrogen) atoms. The fourth-order valence-corrected chi connectivity index (χ4v) is 4.54. The van der Waals surface area contributed by atoms with Gasteiger partial charge in [0.05, 0.1) is 17.1 Å². The van der Waals surface area contributed by atoms with Crippen LogP contribution in [0.1, 0.15) is 34.2 Å². The van der Waals surface area contributed by atoms with Crippen molar-refractivity contribution in [1.29, 1.82) is 0 Å². The number of hydrogen-bond acceptors (Lipinski definition) is 3. The lowest BCUT2D eigenvalue weighted by atomic mass is 10.1. The smallest absolute Gasteiger partial charge is 0.251 e. The Balaban J connectivity index is 1.72. The Morgan fingerprint density at radius 3 is 2.61 bits per heavy atom. The van der Waals surface area contributed by atoms with E-state index >= 15 is 0 Å². The zero-order valence-electron chi connectivity index (χ0n) is 17.3. The number of halogens is 1. The molecule has 1 atom stereocenters. The second-order valence-corrected chi connectivity index (χ2v) is 9.25. The molecule has 1 N–H and O–H groups in total. The first-order valence-corrected chi connectivity index (χ1v) is 12.4. The Morgan fingerprint density at radius 1 is 1.06 bits per heavy atom. The predicted octanol–water partition coefficient (Wildman–Crippen LogP) is 6.07. The van der Waals surface area contributed by atoms with E-state index in [1.54, 1.807) is 11.8 Å². The van der Waals surface area contributed by atoms with Crippen LogP contribution in [0.25, 0.3) is 11.0 Å². The van der Waals surface area contributed by atoms with E-state index < -0.39 is 0 Å². The molecule has 3 aromatic carbocycles. The van der Waals surface area contributed by atoms with Gasteiger partial charge in [0, 0.05) is 16.6 Å². The summed E-state index contributed by atoms with van der Waals surface area (Å²) < 4.78 is 3.12. The number of hydrogen-bond donors (Lipinski definition) is 1. The number of fused-ring (bicyclic) bond motifs is 1. The molecule has 0 aliphatic rings. The molecule has 158 valence electrons. The minimum absolute atomic E-state index is 0.0919. The Kier molecular flexibility index (Phi) is 7.10. The van der Waals surface area contributed by atoms with Crippen molar-refractivity contribution in [1.82, 2.24) is 14.9 Å². The number of thioether (sulfide) groups is 1. The van der Waals surface area contributed by atoms with Gasteiger partial charge in [0.15, 0.2) is 0 Å². The number of para-hydroxylation sites is 2. The molecule has 1 aromatic heterocycles. The molecule has 0 radical (unpaired) electrons. The highest BCUT2D eigenvalue weighted by Gasteiger charge is 2.23. The van der Waals surface area contributed by atoms with Gasteiger partial charge in [-0.3, -0.25) is 4.79 Å². The summed E-state index contributed by atoms with van der Waals surface area (Å²) in [5.74, 6) is 1.73. The van der Waals surface area contributed by atoms with E-state index in [1.807, 2.05) is 60.7 Å². The number of nitrogens with one attached hydrogen (secondary N) is 1. The average molecular weight is 494 g/mol. The third kappa shape index (κ3) is 5.20. The molecule has 0 aliphatic carbocycles. The number of nitrogens with zero attached hydrogens (tertiary/aromatic N) is 2. The van der Waals surface area contributed by atoms with Gasteiger partial charge in [0.25, 0.3) is 5.91 Å². The van der Waals surface area contributed by atoms with Crippen LogP contribution in [0.3, 0.4) is 0 Å². The van der Waals surface area contributed by atoms with E-state index in [1.165, 1.54) is 5.56 Å². The summed E-state index contributed by atoms with van der Waals surface area (Å²) in [6.45, 7) is 0.708. The third-order valence-corrected chi connectivity index (χ3v) is 6.32. The first kappa shape index (κ1) is 21.7. The quantitative estimate of drug-likeness (QED) is 0.323. The second kappa shape index (κ2) is 10.2. The lowest BCUT2D eigenvalue weighted by Crippen LogP contribution is -2.31. The third-order valence-electron chi connectivity index (χ3n) is 5.18. The Hall–Kier alpha value is -2.57. The molecule has 1 amide bonds. The molecule has 6 heteroatoms. The van der Waals surface area contributed by atoms with E-state index in [0.29, 0.717) is 12.1 Å². The topological polar surface area (TPSA) is 46.9 Å². The van der Waals surface area contributed by atoms with Crippen molar-refractivity contribution in [3.8, 4) is 0 Å². The zero-order valence-corrected chi connectivity index (χ0v) is 19.7. The maximum Gasteiger partial charge on any atom is 0.251 e. The number of aromatic nitrogens is 2. The monoisotopic (exact) mass is 493 g/mol. The Morgan fingerprint density at radius 2 is 1.84 bits per heavy atom. The first-order chi connectivity index (χ1) is 15.2. The van der Waals surface area contributed by atoms with Crippen LogP contribution in [0, 0.1) is 0 Å². The molecule has 0 unspecified atom stereocenters. The van der Waals surface area contributed by atoms with E-state index in [9.17, 15) is 4.79 Å². The van der Waals surface area contributed by atoms with Gasteiger partial charge in [-0.1, -0.05) is 64.5 Å². The summed E-state index contributed by atoms with van der Waals surface area (Å²) in [5, 5.41) is 3.24. The van der Waals surface area contributed by atoms with Gasteiger partial charge in [-0.15, -0.1) is 0 Å². The highest BCUT2D eigenvalue weighted by Crippen LogP contribution is 2.26. The van der Waals surface area contributed by atoms with E-state index in [-0.39, 0.29) is 11.9 Å². The van der Waals surface area contributed by atoms with Crippen LogP contribution in [0.4, 0.5) is 0 Å². The molecule has 4 aromatic rings. The number of carbonyl (C=O) groups excluding carboxylic acids is 1. The largest absolute Gasteiger partial charge is 0.342 e. The van der Waals surface area contributed by atoms with Crippen molar-refractivity contribution < 1.29 is 4.79 Å². The molecule has 1 heterocycles. The average Bonchev–Trinajstić information content (AvgIpc) is 3.15. The maximum absolute atomic E-state index is 13.1. The number of amides is 1. The van der Waals surface area contributed by atoms with Gasteiger partial charge in [-0.05, 0) is 54.3 Å². The summed E-state index contributed by atoms with van der Waals surface area (Å²) in [5.41, 5.74) is 3.86. The standard InChI is InChI=1S/C25H24BrN3OS/c1-31-15-14-22(28-25(30)19-10-7-11-20(26)16-19)24-27-21-12-5-6-13-23(21)29(24)17-18-8-3-2-4-9-18/h2-13,16,22H,14-15,17H2,1H3,(H,28,30)/t22-/m0/s1. The molecule has 0 saturated heterocycles. The van der Waals surface area contributed by atoms with Crippen molar-refractivity contribution >= 4 is 44.6 Å². The normalized spacial score (nSPS) is 12.1. The van der Waals surface area contributed by atoms with Crippen LogP contribution in [-0.4, -0.2) is 27.5 Å². The van der Waals surface area contributed by atoms with Crippen LogP contribution in [-0.2, 0) is 6.54 Å². The highest BCUT2D eigenvalue weighted by molar-refractivity contribution is 9.10. The van der Waals surface area contributed by atoms with Crippen LogP contribution in [0.2, 0.25) is 0 Å².